The first-order chi connectivity index (χ1) is 12.1. The number of ether oxygens (including phenoxy) is 3. The fraction of sp³-hybridized carbons (Fsp3) is 0.222. The van der Waals surface area contributed by atoms with Crippen LogP contribution in [0.25, 0.3) is 0 Å². The molecule has 0 aliphatic heterocycles. The molecule has 0 heterocycles. The van der Waals surface area contributed by atoms with Crippen LogP contribution in [0.4, 0.5) is 5.69 Å². The van der Waals surface area contributed by atoms with E-state index < -0.39 is 11.9 Å². The molecule has 0 saturated carbocycles. The zero-order chi connectivity index (χ0) is 18.1. The standard InChI is InChI=1S/C18H18BrNO5/c1-2-23-15-7-9-16(10-8-15)24-12-18(22)25-11-17(21)20-14-5-3-13(19)4-6-14/h3-10H,2,11-12H2,1H3,(H,20,21). The van der Waals surface area contributed by atoms with Gasteiger partial charge in [0.2, 0.25) is 0 Å². The van der Waals surface area contributed by atoms with E-state index in [1.807, 2.05) is 6.92 Å². The molecule has 1 N–H and O–H groups in total. The molecule has 7 heteroatoms. The summed E-state index contributed by atoms with van der Waals surface area (Å²) < 4.78 is 16.4. The van der Waals surface area contributed by atoms with Crippen LogP contribution in [-0.2, 0) is 14.3 Å². The topological polar surface area (TPSA) is 73.9 Å². The summed E-state index contributed by atoms with van der Waals surface area (Å²) in [4.78, 5) is 23.3. The Kier molecular flexibility index (Phi) is 7.28. The van der Waals surface area contributed by atoms with Crippen molar-refractivity contribution in [3.8, 4) is 11.5 Å². The smallest absolute Gasteiger partial charge is 0.344 e. The summed E-state index contributed by atoms with van der Waals surface area (Å²) in [6.45, 7) is 1.82. The van der Waals surface area contributed by atoms with Gasteiger partial charge in [-0.2, -0.15) is 0 Å². The van der Waals surface area contributed by atoms with Crippen LogP contribution in [-0.4, -0.2) is 31.7 Å². The predicted octanol–water partition coefficient (Wildman–Crippen LogP) is 3.41. The minimum Gasteiger partial charge on any atom is -0.494 e. The van der Waals surface area contributed by atoms with Crippen molar-refractivity contribution in [2.75, 3.05) is 25.1 Å². The maximum Gasteiger partial charge on any atom is 0.344 e. The summed E-state index contributed by atoms with van der Waals surface area (Å²) >= 11 is 3.31. The van der Waals surface area contributed by atoms with E-state index >= 15 is 0 Å². The number of nitrogens with one attached hydrogen (secondary N) is 1. The van der Waals surface area contributed by atoms with Crippen LogP contribution in [0.5, 0.6) is 11.5 Å². The van der Waals surface area contributed by atoms with E-state index in [4.69, 9.17) is 14.2 Å². The summed E-state index contributed by atoms with van der Waals surface area (Å²) in [5, 5.41) is 2.62. The predicted molar refractivity (Wildman–Crippen MR) is 96.8 cm³/mol. The molecule has 0 aliphatic rings. The van der Waals surface area contributed by atoms with Crippen LogP contribution in [0.2, 0.25) is 0 Å². The molecule has 0 unspecified atom stereocenters. The van der Waals surface area contributed by atoms with Crippen LogP contribution in [0.3, 0.4) is 0 Å². The van der Waals surface area contributed by atoms with Gasteiger partial charge in [0, 0.05) is 10.2 Å². The molecule has 0 atom stereocenters. The zero-order valence-corrected chi connectivity index (χ0v) is 15.2. The normalized spacial score (nSPS) is 10.0. The quantitative estimate of drug-likeness (QED) is 0.678. The number of hydrogen-bond acceptors (Lipinski definition) is 5. The van der Waals surface area contributed by atoms with Crippen molar-refractivity contribution in [1.82, 2.24) is 0 Å². The number of esters is 1. The number of anilines is 1. The van der Waals surface area contributed by atoms with E-state index in [9.17, 15) is 9.59 Å². The third-order valence-corrected chi connectivity index (χ3v) is 3.51. The highest BCUT2D eigenvalue weighted by atomic mass is 79.9. The molecular formula is C18H18BrNO5. The van der Waals surface area contributed by atoms with Crippen LogP contribution in [0.1, 0.15) is 6.92 Å². The second-order valence-electron chi connectivity index (χ2n) is 4.91. The Morgan fingerprint density at radius 1 is 0.920 bits per heavy atom. The first-order valence-corrected chi connectivity index (χ1v) is 8.43. The van der Waals surface area contributed by atoms with Crippen molar-refractivity contribution in [3.63, 3.8) is 0 Å². The molecule has 0 aliphatic carbocycles. The first-order valence-electron chi connectivity index (χ1n) is 7.63. The summed E-state index contributed by atoms with van der Waals surface area (Å²) in [6, 6.07) is 13.9. The Labute approximate surface area is 154 Å². The van der Waals surface area contributed by atoms with Crippen LogP contribution in [0.15, 0.2) is 53.0 Å². The van der Waals surface area contributed by atoms with Gasteiger partial charge in [0.05, 0.1) is 6.61 Å². The van der Waals surface area contributed by atoms with Gasteiger partial charge in [-0.25, -0.2) is 4.79 Å². The Morgan fingerprint density at radius 3 is 2.12 bits per heavy atom. The largest absolute Gasteiger partial charge is 0.494 e. The van der Waals surface area contributed by atoms with E-state index in [0.717, 1.165) is 10.2 Å². The van der Waals surface area contributed by atoms with Gasteiger partial charge in [0.25, 0.3) is 5.91 Å². The third kappa shape index (κ3) is 6.84. The lowest BCUT2D eigenvalue weighted by molar-refractivity contribution is -0.149. The molecule has 25 heavy (non-hydrogen) atoms. The van der Waals surface area contributed by atoms with E-state index in [0.29, 0.717) is 18.0 Å². The van der Waals surface area contributed by atoms with E-state index in [2.05, 4.69) is 21.2 Å². The average molecular weight is 408 g/mol. The molecule has 6 nitrogen and oxygen atoms in total. The SMILES string of the molecule is CCOc1ccc(OCC(=O)OCC(=O)Nc2ccc(Br)cc2)cc1. The number of carbonyl (C=O) groups is 2. The number of amides is 1. The Hall–Kier alpha value is -2.54. The number of carbonyl (C=O) groups excluding carboxylic acids is 2. The summed E-state index contributed by atoms with van der Waals surface area (Å²) in [5.74, 6) is 0.193. The number of hydrogen-bond donors (Lipinski definition) is 1. The van der Waals surface area contributed by atoms with Crippen molar-refractivity contribution in [2.45, 2.75) is 6.92 Å². The lowest BCUT2D eigenvalue weighted by Crippen LogP contribution is -2.23. The number of rotatable bonds is 8. The molecule has 132 valence electrons. The van der Waals surface area contributed by atoms with E-state index in [1.54, 1.807) is 48.5 Å². The molecule has 0 saturated heterocycles. The Morgan fingerprint density at radius 2 is 1.52 bits per heavy atom. The fourth-order valence-corrected chi connectivity index (χ4v) is 2.12. The van der Waals surface area contributed by atoms with Gasteiger partial charge < -0.3 is 19.5 Å². The molecule has 0 fully saturated rings. The van der Waals surface area contributed by atoms with Gasteiger partial charge in [-0.05, 0) is 55.5 Å². The van der Waals surface area contributed by atoms with Crippen LogP contribution in [0, 0.1) is 0 Å². The van der Waals surface area contributed by atoms with E-state index in [1.165, 1.54) is 0 Å². The summed E-state index contributed by atoms with van der Waals surface area (Å²) in [5.41, 5.74) is 0.620. The lowest BCUT2D eigenvalue weighted by Gasteiger charge is -2.08. The average Bonchev–Trinajstić information content (AvgIpc) is 2.61. The van der Waals surface area contributed by atoms with Crippen molar-refractivity contribution >= 4 is 33.5 Å². The molecular weight excluding hydrogens is 390 g/mol. The van der Waals surface area contributed by atoms with Crippen LogP contribution < -0.4 is 14.8 Å². The molecule has 0 aromatic heterocycles. The first kappa shape index (κ1) is 18.8. The van der Waals surface area contributed by atoms with Crippen molar-refractivity contribution in [2.24, 2.45) is 0 Å². The highest BCUT2D eigenvalue weighted by Gasteiger charge is 2.09. The monoisotopic (exact) mass is 407 g/mol. The molecule has 0 spiro atoms. The highest BCUT2D eigenvalue weighted by molar-refractivity contribution is 9.10. The highest BCUT2D eigenvalue weighted by Crippen LogP contribution is 2.17. The lowest BCUT2D eigenvalue weighted by atomic mass is 10.3. The van der Waals surface area contributed by atoms with Gasteiger partial charge in [-0.1, -0.05) is 15.9 Å². The molecule has 0 radical (unpaired) electrons. The molecule has 0 bridgehead atoms. The maximum absolute atomic E-state index is 11.7. The second-order valence-corrected chi connectivity index (χ2v) is 5.82. The van der Waals surface area contributed by atoms with Gasteiger partial charge in [-0.15, -0.1) is 0 Å². The second kappa shape index (κ2) is 9.68. The molecule has 2 aromatic rings. The number of benzene rings is 2. The molecule has 2 aromatic carbocycles. The van der Waals surface area contributed by atoms with Gasteiger partial charge in [0.15, 0.2) is 13.2 Å². The molecule has 1 amide bonds. The Bertz CT molecular complexity index is 700. The minimum absolute atomic E-state index is 0.278. The zero-order valence-electron chi connectivity index (χ0n) is 13.7. The summed E-state index contributed by atoms with van der Waals surface area (Å²) in [6.07, 6.45) is 0. The molecule has 2 rings (SSSR count). The van der Waals surface area contributed by atoms with Crippen LogP contribution >= 0.6 is 15.9 Å². The minimum atomic E-state index is -0.625. The van der Waals surface area contributed by atoms with Crippen molar-refractivity contribution < 1.29 is 23.8 Å². The number of halogens is 1. The van der Waals surface area contributed by atoms with Crippen molar-refractivity contribution in [3.05, 3.63) is 53.0 Å². The fourth-order valence-electron chi connectivity index (χ4n) is 1.86. The van der Waals surface area contributed by atoms with E-state index in [-0.39, 0.29) is 13.2 Å². The van der Waals surface area contributed by atoms with Gasteiger partial charge in [0.1, 0.15) is 11.5 Å². The van der Waals surface area contributed by atoms with Crippen molar-refractivity contribution in [1.29, 1.82) is 0 Å². The van der Waals surface area contributed by atoms with Gasteiger partial charge >= 0.3 is 5.97 Å². The third-order valence-electron chi connectivity index (χ3n) is 2.98. The van der Waals surface area contributed by atoms with Gasteiger partial charge in [-0.3, -0.25) is 4.79 Å². The Balaban J connectivity index is 1.69. The summed E-state index contributed by atoms with van der Waals surface area (Å²) in [7, 11) is 0. The maximum atomic E-state index is 11.7.